The zero-order valence-corrected chi connectivity index (χ0v) is 8.37. The highest BCUT2D eigenvalue weighted by Gasteiger charge is 2.14. The Kier molecular flexibility index (Phi) is 2.31. The summed E-state index contributed by atoms with van der Waals surface area (Å²) in [5.74, 6) is -3.31. The topological polar surface area (TPSA) is 12.9 Å². The van der Waals surface area contributed by atoms with Gasteiger partial charge in [-0.2, -0.15) is 0 Å². The molecule has 1 nitrogen and oxygen atoms in total. The van der Waals surface area contributed by atoms with Crippen molar-refractivity contribution in [1.82, 2.24) is 4.98 Å². The van der Waals surface area contributed by atoms with E-state index in [2.05, 4.69) is 4.98 Å². The largest absolute Gasteiger partial charge is 0.233 e. The molecular weight excluding hydrogens is 227 g/mol. The average Bonchev–Trinajstić information content (AvgIpc) is 2.18. The molecule has 0 unspecified atom stereocenters. The van der Waals surface area contributed by atoms with E-state index >= 15 is 0 Å². The van der Waals surface area contributed by atoms with Crippen molar-refractivity contribution in [3.05, 3.63) is 40.3 Å². The lowest BCUT2D eigenvalue weighted by Crippen LogP contribution is -1.95. The van der Waals surface area contributed by atoms with Gasteiger partial charge in [0.05, 0.1) is 0 Å². The number of fused-ring (bicyclic) bond motifs is 1. The van der Waals surface area contributed by atoms with Crippen molar-refractivity contribution in [3.63, 3.8) is 0 Å². The Morgan fingerprint density at radius 2 is 1.80 bits per heavy atom. The Bertz CT molecular complexity index is 554. The van der Waals surface area contributed by atoms with Gasteiger partial charge in [0, 0.05) is 11.5 Å². The summed E-state index contributed by atoms with van der Waals surface area (Å²) in [5.41, 5.74) is 0.122. The zero-order chi connectivity index (χ0) is 11.2. The molecule has 1 heterocycles. The molecule has 78 valence electrons. The van der Waals surface area contributed by atoms with Crippen molar-refractivity contribution < 1.29 is 13.2 Å². The van der Waals surface area contributed by atoms with E-state index in [0.29, 0.717) is 11.6 Å². The first-order valence-corrected chi connectivity index (χ1v) is 4.49. The molecule has 0 aliphatic rings. The Morgan fingerprint density at radius 1 is 1.13 bits per heavy atom. The first kappa shape index (κ1) is 10.2. The predicted molar refractivity (Wildman–Crippen MR) is 51.4 cm³/mol. The quantitative estimate of drug-likeness (QED) is 0.499. The van der Waals surface area contributed by atoms with E-state index in [1.54, 1.807) is 6.92 Å². The molecular formula is C10H5ClF3N. The van der Waals surface area contributed by atoms with Gasteiger partial charge < -0.3 is 0 Å². The first-order chi connectivity index (χ1) is 7.00. The SMILES string of the molecule is Cc1cc2c(F)cc(F)c(F)c2nc1Cl. The minimum absolute atomic E-state index is 0.0337. The van der Waals surface area contributed by atoms with Gasteiger partial charge in [-0.3, -0.25) is 0 Å². The molecule has 2 aromatic rings. The van der Waals surface area contributed by atoms with Crippen LogP contribution in [0.15, 0.2) is 12.1 Å². The van der Waals surface area contributed by atoms with Crippen molar-refractivity contribution in [3.8, 4) is 0 Å². The molecule has 5 heteroatoms. The van der Waals surface area contributed by atoms with Gasteiger partial charge in [-0.25, -0.2) is 18.2 Å². The molecule has 1 aromatic heterocycles. The second-order valence-corrected chi connectivity index (χ2v) is 3.50. The maximum Gasteiger partial charge on any atom is 0.185 e. The van der Waals surface area contributed by atoms with Crippen molar-refractivity contribution in [2.24, 2.45) is 0 Å². The summed E-state index contributed by atoms with van der Waals surface area (Å²) in [4.78, 5) is 3.61. The Balaban J connectivity index is 2.97. The summed E-state index contributed by atoms with van der Waals surface area (Å²) in [7, 11) is 0. The number of hydrogen-bond acceptors (Lipinski definition) is 1. The van der Waals surface area contributed by atoms with Gasteiger partial charge >= 0.3 is 0 Å². The second kappa shape index (κ2) is 3.38. The van der Waals surface area contributed by atoms with Crippen molar-refractivity contribution in [2.45, 2.75) is 6.92 Å². The molecule has 0 aliphatic heterocycles. The number of benzene rings is 1. The van der Waals surface area contributed by atoms with E-state index < -0.39 is 17.5 Å². The minimum atomic E-state index is -1.27. The van der Waals surface area contributed by atoms with Crippen LogP contribution in [0.4, 0.5) is 13.2 Å². The number of aryl methyl sites for hydroxylation is 1. The predicted octanol–water partition coefficient (Wildman–Crippen LogP) is 3.61. The summed E-state index contributed by atoms with van der Waals surface area (Å²) >= 11 is 5.64. The average molecular weight is 232 g/mol. The Morgan fingerprint density at radius 3 is 2.47 bits per heavy atom. The van der Waals surface area contributed by atoms with Gasteiger partial charge in [-0.15, -0.1) is 0 Å². The second-order valence-electron chi connectivity index (χ2n) is 3.15. The summed E-state index contributed by atoms with van der Waals surface area (Å²) in [6.45, 7) is 1.61. The Hall–Kier alpha value is -1.29. The number of rotatable bonds is 0. The maximum atomic E-state index is 13.2. The normalized spacial score (nSPS) is 11.0. The van der Waals surface area contributed by atoms with Crippen LogP contribution < -0.4 is 0 Å². The van der Waals surface area contributed by atoms with E-state index in [0.717, 1.165) is 0 Å². The third-order valence-corrected chi connectivity index (χ3v) is 2.46. The summed E-state index contributed by atoms with van der Waals surface area (Å²) in [6.07, 6.45) is 0. The van der Waals surface area contributed by atoms with E-state index in [-0.39, 0.29) is 16.1 Å². The minimum Gasteiger partial charge on any atom is -0.233 e. The third-order valence-electron chi connectivity index (χ3n) is 2.08. The molecule has 1 aromatic carbocycles. The van der Waals surface area contributed by atoms with Crippen LogP contribution in [-0.4, -0.2) is 4.98 Å². The van der Waals surface area contributed by atoms with Crippen molar-refractivity contribution in [1.29, 1.82) is 0 Å². The fourth-order valence-corrected chi connectivity index (χ4v) is 1.44. The first-order valence-electron chi connectivity index (χ1n) is 4.11. The molecule has 0 spiro atoms. The van der Waals surface area contributed by atoms with Crippen LogP contribution in [0.5, 0.6) is 0 Å². The molecule has 0 fully saturated rings. The van der Waals surface area contributed by atoms with Crippen LogP contribution in [-0.2, 0) is 0 Å². The molecule has 2 rings (SSSR count). The van der Waals surface area contributed by atoms with Gasteiger partial charge in [-0.05, 0) is 18.6 Å². The van der Waals surface area contributed by atoms with Crippen LogP contribution in [0.3, 0.4) is 0 Å². The van der Waals surface area contributed by atoms with Crippen LogP contribution >= 0.6 is 11.6 Å². The van der Waals surface area contributed by atoms with E-state index in [9.17, 15) is 13.2 Å². The highest BCUT2D eigenvalue weighted by molar-refractivity contribution is 6.30. The number of halogens is 4. The molecule has 0 N–H and O–H groups in total. The van der Waals surface area contributed by atoms with Crippen LogP contribution in [0.25, 0.3) is 10.9 Å². The van der Waals surface area contributed by atoms with Gasteiger partial charge in [-0.1, -0.05) is 11.6 Å². The van der Waals surface area contributed by atoms with Gasteiger partial charge in [0.2, 0.25) is 0 Å². The molecule has 0 aliphatic carbocycles. The highest BCUT2D eigenvalue weighted by Crippen LogP contribution is 2.25. The molecule has 15 heavy (non-hydrogen) atoms. The van der Waals surface area contributed by atoms with Crippen molar-refractivity contribution in [2.75, 3.05) is 0 Å². The highest BCUT2D eigenvalue weighted by atomic mass is 35.5. The van der Waals surface area contributed by atoms with Crippen LogP contribution in [0.1, 0.15) is 5.56 Å². The monoisotopic (exact) mass is 231 g/mol. The Labute approximate surface area is 88.5 Å². The third kappa shape index (κ3) is 1.55. The molecule has 0 amide bonds. The molecule has 0 saturated carbocycles. The summed E-state index contributed by atoms with van der Waals surface area (Å²) in [6, 6.07) is 1.83. The lowest BCUT2D eigenvalue weighted by Gasteiger charge is -2.04. The van der Waals surface area contributed by atoms with Crippen molar-refractivity contribution >= 4 is 22.5 Å². The molecule has 0 bridgehead atoms. The van der Waals surface area contributed by atoms with E-state index in [1.165, 1.54) is 6.07 Å². The van der Waals surface area contributed by atoms with Gasteiger partial charge in [0.25, 0.3) is 0 Å². The lowest BCUT2D eigenvalue weighted by atomic mass is 10.1. The lowest BCUT2D eigenvalue weighted by molar-refractivity contribution is 0.504. The molecule has 0 radical (unpaired) electrons. The molecule has 0 saturated heterocycles. The van der Waals surface area contributed by atoms with E-state index in [1.807, 2.05) is 0 Å². The standard InChI is InChI=1S/C10H5ClF3N/c1-4-2-5-6(12)3-7(13)8(14)9(5)15-10(4)11/h2-3H,1H3. The number of nitrogens with zero attached hydrogens (tertiary/aromatic N) is 1. The summed E-state index contributed by atoms with van der Waals surface area (Å²) in [5, 5.41) is -0.0396. The fraction of sp³-hybridized carbons (Fsp3) is 0.100. The smallest absolute Gasteiger partial charge is 0.185 e. The zero-order valence-electron chi connectivity index (χ0n) is 7.61. The van der Waals surface area contributed by atoms with Crippen LogP contribution in [0.2, 0.25) is 5.15 Å². The van der Waals surface area contributed by atoms with Crippen LogP contribution in [0, 0.1) is 24.4 Å². The number of hydrogen-bond donors (Lipinski definition) is 0. The van der Waals surface area contributed by atoms with Gasteiger partial charge in [0.15, 0.2) is 11.6 Å². The number of pyridine rings is 1. The summed E-state index contributed by atoms with van der Waals surface area (Å²) < 4.78 is 39.3. The van der Waals surface area contributed by atoms with E-state index in [4.69, 9.17) is 11.6 Å². The maximum absolute atomic E-state index is 13.2. The fourth-order valence-electron chi connectivity index (χ4n) is 1.31. The molecule has 0 atom stereocenters. The number of aromatic nitrogens is 1. The van der Waals surface area contributed by atoms with Gasteiger partial charge in [0.1, 0.15) is 16.5 Å².